The van der Waals surface area contributed by atoms with Gasteiger partial charge in [0.2, 0.25) is 5.13 Å². The van der Waals surface area contributed by atoms with Gasteiger partial charge in [-0.3, -0.25) is 14.9 Å². The van der Waals surface area contributed by atoms with Crippen molar-refractivity contribution in [1.82, 2.24) is 14.8 Å². The number of carbonyl (C=O) groups is 2. The number of nitrogens with one attached hydrogen (secondary N) is 1. The van der Waals surface area contributed by atoms with Gasteiger partial charge in [-0.1, -0.05) is 11.3 Å². The Balaban J connectivity index is 1.73. The predicted octanol–water partition coefficient (Wildman–Crippen LogP) is 2.68. The van der Waals surface area contributed by atoms with E-state index in [0.717, 1.165) is 22.7 Å². The summed E-state index contributed by atoms with van der Waals surface area (Å²) in [4.78, 5) is 24.8. The maximum atomic E-state index is 12.5. The van der Waals surface area contributed by atoms with E-state index in [-0.39, 0.29) is 5.13 Å². The lowest BCUT2D eigenvalue weighted by molar-refractivity contribution is -0.112. The lowest BCUT2D eigenvalue weighted by atomic mass is 10.1. The number of aromatic nitrogens is 3. The lowest BCUT2D eigenvalue weighted by Crippen LogP contribution is -2.23. The zero-order valence-corrected chi connectivity index (χ0v) is 15.4. The number of Topliss-reactive ketones (excluding diaryl/α,β-unsaturated/α-hetero) is 1. The van der Waals surface area contributed by atoms with E-state index in [0.29, 0.717) is 29.5 Å². The molecule has 0 radical (unpaired) electrons. The molecule has 136 valence electrons. The number of amides is 1. The molecule has 9 heteroatoms. The number of hydrogen-bond acceptors (Lipinski definition) is 7. The molecule has 1 N–H and O–H groups in total. The normalized spacial score (nSPS) is 10.9. The molecule has 0 atom stereocenters. The standard InChI is InChI=1S/C17H18N4O4S/c1-10-9-12(11(2)21(10)6-8-24-3)14(22)15(23)18-17-20-19-16(26-17)13-5-4-7-25-13/h4-5,7,9H,6,8H2,1-3H3,(H,18,20,23). The first-order valence-electron chi connectivity index (χ1n) is 7.90. The highest BCUT2D eigenvalue weighted by Crippen LogP contribution is 2.26. The van der Waals surface area contributed by atoms with Crippen LogP contribution in [0.1, 0.15) is 21.7 Å². The van der Waals surface area contributed by atoms with Gasteiger partial charge < -0.3 is 13.7 Å². The number of carbonyl (C=O) groups excluding carboxylic acids is 2. The lowest BCUT2D eigenvalue weighted by Gasteiger charge is -2.08. The minimum absolute atomic E-state index is 0.239. The molecular weight excluding hydrogens is 356 g/mol. The van der Waals surface area contributed by atoms with E-state index in [1.807, 2.05) is 18.4 Å². The molecule has 1 amide bonds. The van der Waals surface area contributed by atoms with E-state index in [9.17, 15) is 9.59 Å². The van der Waals surface area contributed by atoms with Crippen LogP contribution in [0.2, 0.25) is 0 Å². The van der Waals surface area contributed by atoms with Crippen LogP contribution in [0.25, 0.3) is 10.8 Å². The van der Waals surface area contributed by atoms with Crippen LogP contribution in [0.4, 0.5) is 5.13 Å². The molecule has 0 fully saturated rings. The third-order valence-corrected chi connectivity index (χ3v) is 4.77. The Kier molecular flexibility index (Phi) is 5.29. The number of ether oxygens (including phenoxy) is 1. The molecule has 3 aromatic rings. The van der Waals surface area contributed by atoms with Crippen LogP contribution in [0.3, 0.4) is 0 Å². The number of anilines is 1. The van der Waals surface area contributed by atoms with Gasteiger partial charge in [0.05, 0.1) is 12.9 Å². The zero-order chi connectivity index (χ0) is 18.7. The summed E-state index contributed by atoms with van der Waals surface area (Å²) >= 11 is 1.13. The molecule has 0 saturated carbocycles. The first kappa shape index (κ1) is 18.0. The van der Waals surface area contributed by atoms with Crippen molar-refractivity contribution in [2.24, 2.45) is 0 Å². The molecule has 0 aliphatic rings. The number of nitrogens with zero attached hydrogens (tertiary/aromatic N) is 3. The van der Waals surface area contributed by atoms with Crippen molar-refractivity contribution in [1.29, 1.82) is 0 Å². The van der Waals surface area contributed by atoms with Crippen molar-refractivity contribution in [2.75, 3.05) is 19.0 Å². The highest BCUT2D eigenvalue weighted by atomic mass is 32.1. The van der Waals surface area contributed by atoms with Crippen molar-refractivity contribution in [3.8, 4) is 10.8 Å². The predicted molar refractivity (Wildman–Crippen MR) is 96.4 cm³/mol. The number of rotatable bonds is 7. The maximum Gasteiger partial charge on any atom is 0.298 e. The maximum absolute atomic E-state index is 12.5. The van der Waals surface area contributed by atoms with Gasteiger partial charge in [0.1, 0.15) is 0 Å². The van der Waals surface area contributed by atoms with Gasteiger partial charge in [0.25, 0.3) is 11.7 Å². The molecule has 8 nitrogen and oxygen atoms in total. The Labute approximate surface area is 153 Å². The number of hydrogen-bond donors (Lipinski definition) is 1. The summed E-state index contributed by atoms with van der Waals surface area (Å²) in [6.07, 6.45) is 1.53. The van der Waals surface area contributed by atoms with E-state index in [2.05, 4.69) is 15.5 Å². The van der Waals surface area contributed by atoms with Crippen LogP contribution in [-0.4, -0.2) is 40.2 Å². The molecule has 0 aliphatic heterocycles. The fraction of sp³-hybridized carbons (Fsp3) is 0.294. The smallest absolute Gasteiger partial charge is 0.298 e. The molecule has 0 bridgehead atoms. The Morgan fingerprint density at radius 1 is 1.35 bits per heavy atom. The third-order valence-electron chi connectivity index (χ3n) is 3.92. The van der Waals surface area contributed by atoms with Crippen molar-refractivity contribution in [2.45, 2.75) is 20.4 Å². The Morgan fingerprint density at radius 2 is 2.15 bits per heavy atom. The SMILES string of the molecule is COCCn1c(C)cc(C(=O)C(=O)Nc2nnc(-c3ccco3)s2)c1C. The van der Waals surface area contributed by atoms with Gasteiger partial charge in [-0.25, -0.2) is 0 Å². The molecule has 0 saturated heterocycles. The van der Waals surface area contributed by atoms with Crippen LogP contribution in [0, 0.1) is 13.8 Å². The summed E-state index contributed by atoms with van der Waals surface area (Å²) in [5, 5.41) is 11.1. The van der Waals surface area contributed by atoms with Crippen molar-refractivity contribution in [3.05, 3.63) is 41.4 Å². The largest absolute Gasteiger partial charge is 0.462 e. The van der Waals surface area contributed by atoms with Gasteiger partial charge in [0, 0.05) is 30.6 Å². The van der Waals surface area contributed by atoms with E-state index < -0.39 is 11.7 Å². The zero-order valence-electron chi connectivity index (χ0n) is 14.6. The molecule has 0 aliphatic carbocycles. The highest BCUT2D eigenvalue weighted by molar-refractivity contribution is 7.18. The van der Waals surface area contributed by atoms with Gasteiger partial charge in [0.15, 0.2) is 10.8 Å². The minimum Gasteiger partial charge on any atom is -0.462 e. The summed E-state index contributed by atoms with van der Waals surface area (Å²) in [7, 11) is 1.62. The monoisotopic (exact) mass is 374 g/mol. The fourth-order valence-electron chi connectivity index (χ4n) is 2.61. The Bertz CT molecular complexity index is 927. The van der Waals surface area contributed by atoms with E-state index in [4.69, 9.17) is 9.15 Å². The second kappa shape index (κ2) is 7.63. The van der Waals surface area contributed by atoms with Gasteiger partial charge in [-0.15, -0.1) is 10.2 Å². The summed E-state index contributed by atoms with van der Waals surface area (Å²) in [5.74, 6) is -0.813. The first-order chi connectivity index (χ1) is 12.5. The van der Waals surface area contributed by atoms with Gasteiger partial charge in [-0.05, 0) is 32.0 Å². The van der Waals surface area contributed by atoms with Crippen LogP contribution >= 0.6 is 11.3 Å². The molecule has 3 aromatic heterocycles. The third kappa shape index (κ3) is 3.58. The van der Waals surface area contributed by atoms with Crippen LogP contribution in [-0.2, 0) is 16.1 Å². The summed E-state index contributed by atoms with van der Waals surface area (Å²) in [5.41, 5.74) is 1.99. The molecule has 0 aromatic carbocycles. The second-order valence-electron chi connectivity index (χ2n) is 5.60. The molecule has 0 unspecified atom stereocenters. The van der Waals surface area contributed by atoms with E-state index in [1.165, 1.54) is 6.26 Å². The summed E-state index contributed by atoms with van der Waals surface area (Å²) in [6.45, 7) is 4.84. The second-order valence-corrected chi connectivity index (χ2v) is 6.58. The van der Waals surface area contributed by atoms with Crippen molar-refractivity contribution in [3.63, 3.8) is 0 Å². The highest BCUT2D eigenvalue weighted by Gasteiger charge is 2.23. The average Bonchev–Trinajstić information content (AvgIpc) is 3.34. The summed E-state index contributed by atoms with van der Waals surface area (Å²) in [6, 6.07) is 5.19. The number of aryl methyl sites for hydroxylation is 1. The van der Waals surface area contributed by atoms with E-state index in [1.54, 1.807) is 25.3 Å². The van der Waals surface area contributed by atoms with E-state index >= 15 is 0 Å². The Morgan fingerprint density at radius 3 is 2.85 bits per heavy atom. The van der Waals surface area contributed by atoms with Gasteiger partial charge >= 0.3 is 0 Å². The average molecular weight is 374 g/mol. The first-order valence-corrected chi connectivity index (χ1v) is 8.71. The van der Waals surface area contributed by atoms with Crippen LogP contribution in [0.5, 0.6) is 0 Å². The molecule has 0 spiro atoms. The molecule has 3 heterocycles. The van der Waals surface area contributed by atoms with Gasteiger partial charge in [-0.2, -0.15) is 0 Å². The van der Waals surface area contributed by atoms with Crippen LogP contribution in [0.15, 0.2) is 28.9 Å². The quantitative estimate of drug-likeness (QED) is 0.504. The molecule has 3 rings (SSSR count). The Hall–Kier alpha value is -2.78. The number of ketones is 1. The van der Waals surface area contributed by atoms with Crippen LogP contribution < -0.4 is 5.32 Å². The molecule has 26 heavy (non-hydrogen) atoms. The minimum atomic E-state index is -0.751. The number of furan rings is 1. The topological polar surface area (TPSA) is 99.2 Å². The fourth-order valence-corrected chi connectivity index (χ4v) is 3.31. The van der Waals surface area contributed by atoms with Crippen molar-refractivity contribution < 1.29 is 18.7 Å². The summed E-state index contributed by atoms with van der Waals surface area (Å²) < 4.78 is 12.3. The molecular formula is C17H18N4O4S. The number of methoxy groups -OCH3 is 1. The van der Waals surface area contributed by atoms with Crippen molar-refractivity contribution >= 4 is 28.2 Å².